The van der Waals surface area contributed by atoms with Gasteiger partial charge in [0.05, 0.1) is 0 Å². The Bertz CT molecular complexity index is 410. The zero-order valence-electron chi connectivity index (χ0n) is 10.2. The van der Waals surface area contributed by atoms with Gasteiger partial charge in [0.25, 0.3) is 0 Å². The normalized spacial score (nSPS) is 23.9. The molecule has 3 heteroatoms. The summed E-state index contributed by atoms with van der Waals surface area (Å²) in [7, 11) is 0. The molecule has 2 N–H and O–H groups in total. The van der Waals surface area contributed by atoms with Gasteiger partial charge in [-0.25, -0.2) is 0 Å². The third-order valence-corrected chi connectivity index (χ3v) is 5.20. The Hall–Kier alpha value is -0.670. The fraction of sp³-hybridized carbons (Fsp3) is 0.571. The molecule has 2 fully saturated rings. The number of nitrogens with two attached hydrogens (primary N) is 1. The zero-order chi connectivity index (χ0) is 11.9. The molecule has 3 rings (SSSR count). The van der Waals surface area contributed by atoms with Gasteiger partial charge in [-0.2, -0.15) is 11.8 Å². The van der Waals surface area contributed by atoms with Crippen LogP contribution in [0, 0.1) is 0 Å². The van der Waals surface area contributed by atoms with E-state index in [2.05, 4.69) is 31.2 Å². The minimum Gasteiger partial charge on any atom is -0.488 e. The van der Waals surface area contributed by atoms with E-state index in [0.717, 1.165) is 17.3 Å². The van der Waals surface area contributed by atoms with Crippen LogP contribution in [0.4, 0.5) is 0 Å². The van der Waals surface area contributed by atoms with Crippen LogP contribution in [0.2, 0.25) is 0 Å². The maximum absolute atomic E-state index is 6.15. The van der Waals surface area contributed by atoms with Crippen LogP contribution in [0.1, 0.15) is 25.3 Å². The predicted octanol–water partition coefficient (Wildman–Crippen LogP) is 2.56. The van der Waals surface area contributed by atoms with Gasteiger partial charge in [0.2, 0.25) is 0 Å². The Balaban J connectivity index is 1.88. The standard InChI is InChI=1S/C14H19NOS/c1-10(15)14(6-7-14)12-4-2-3-5-13(12)16-11-8-17-9-11/h2-5,10-11H,6-9,15H2,1H3. The maximum atomic E-state index is 6.15. The molecule has 0 spiro atoms. The molecule has 92 valence electrons. The van der Waals surface area contributed by atoms with Gasteiger partial charge in [-0.3, -0.25) is 0 Å². The summed E-state index contributed by atoms with van der Waals surface area (Å²) in [5.74, 6) is 3.31. The lowest BCUT2D eigenvalue weighted by Crippen LogP contribution is -2.34. The van der Waals surface area contributed by atoms with E-state index in [-0.39, 0.29) is 11.5 Å². The molecular formula is C14H19NOS. The van der Waals surface area contributed by atoms with E-state index in [4.69, 9.17) is 10.5 Å². The van der Waals surface area contributed by atoms with Gasteiger partial charge in [0, 0.05) is 28.5 Å². The third kappa shape index (κ3) is 1.95. The first kappa shape index (κ1) is 11.4. The molecule has 1 aromatic rings. The number of para-hydroxylation sites is 1. The van der Waals surface area contributed by atoms with Crippen LogP contribution in [0.3, 0.4) is 0 Å². The van der Waals surface area contributed by atoms with E-state index >= 15 is 0 Å². The fourth-order valence-electron chi connectivity index (χ4n) is 2.55. The summed E-state index contributed by atoms with van der Waals surface area (Å²) in [4.78, 5) is 0. The molecule has 0 bridgehead atoms. The van der Waals surface area contributed by atoms with Crippen molar-refractivity contribution >= 4 is 11.8 Å². The number of benzene rings is 1. The lowest BCUT2D eigenvalue weighted by molar-refractivity contribution is 0.235. The van der Waals surface area contributed by atoms with Crippen LogP contribution in [0.5, 0.6) is 5.75 Å². The van der Waals surface area contributed by atoms with E-state index in [9.17, 15) is 0 Å². The largest absolute Gasteiger partial charge is 0.488 e. The molecular weight excluding hydrogens is 230 g/mol. The van der Waals surface area contributed by atoms with Crippen LogP contribution < -0.4 is 10.5 Å². The van der Waals surface area contributed by atoms with Crippen molar-refractivity contribution < 1.29 is 4.74 Å². The highest BCUT2D eigenvalue weighted by atomic mass is 32.2. The summed E-state index contributed by atoms with van der Waals surface area (Å²) in [6.45, 7) is 2.11. The summed E-state index contributed by atoms with van der Waals surface area (Å²) >= 11 is 1.95. The molecule has 0 radical (unpaired) electrons. The molecule has 2 aliphatic rings. The molecule has 1 heterocycles. The van der Waals surface area contributed by atoms with Crippen molar-refractivity contribution in [3.05, 3.63) is 29.8 Å². The SMILES string of the molecule is CC(N)C1(c2ccccc2OC2CSC2)CC1. The number of hydrogen-bond acceptors (Lipinski definition) is 3. The Kier molecular flexibility index (Phi) is 2.83. The highest BCUT2D eigenvalue weighted by Gasteiger charge is 2.49. The average Bonchev–Trinajstić information content (AvgIpc) is 3.05. The molecule has 1 atom stereocenters. The van der Waals surface area contributed by atoms with Crippen LogP contribution in [-0.4, -0.2) is 23.7 Å². The number of hydrogen-bond donors (Lipinski definition) is 1. The molecule has 17 heavy (non-hydrogen) atoms. The number of rotatable bonds is 4. The summed E-state index contributed by atoms with van der Waals surface area (Å²) in [5, 5.41) is 0. The molecule has 1 aromatic carbocycles. The monoisotopic (exact) mass is 249 g/mol. The summed E-state index contributed by atoms with van der Waals surface area (Å²) < 4.78 is 6.08. The molecule has 0 amide bonds. The number of ether oxygens (including phenoxy) is 1. The summed E-state index contributed by atoms with van der Waals surface area (Å²) in [5.41, 5.74) is 7.67. The molecule has 1 unspecified atom stereocenters. The first-order valence-electron chi connectivity index (χ1n) is 6.32. The second-order valence-electron chi connectivity index (χ2n) is 5.22. The van der Waals surface area contributed by atoms with Crippen molar-refractivity contribution in [1.29, 1.82) is 0 Å². The van der Waals surface area contributed by atoms with Gasteiger partial charge in [-0.05, 0) is 25.8 Å². The Morgan fingerprint density at radius 2 is 2.06 bits per heavy atom. The van der Waals surface area contributed by atoms with Crippen molar-refractivity contribution in [3.8, 4) is 5.75 Å². The van der Waals surface area contributed by atoms with E-state index in [0.29, 0.717) is 6.10 Å². The molecule has 1 saturated heterocycles. The minimum atomic E-state index is 0.188. The number of thioether (sulfide) groups is 1. The maximum Gasteiger partial charge on any atom is 0.123 e. The van der Waals surface area contributed by atoms with Crippen LogP contribution >= 0.6 is 11.8 Å². The predicted molar refractivity (Wildman–Crippen MR) is 72.7 cm³/mol. The van der Waals surface area contributed by atoms with Crippen molar-refractivity contribution in [2.75, 3.05) is 11.5 Å². The van der Waals surface area contributed by atoms with E-state index < -0.39 is 0 Å². The molecule has 1 aliphatic carbocycles. The van der Waals surface area contributed by atoms with Crippen LogP contribution in [0.25, 0.3) is 0 Å². The lowest BCUT2D eigenvalue weighted by Gasteiger charge is -2.29. The second-order valence-corrected chi connectivity index (χ2v) is 6.29. The van der Waals surface area contributed by atoms with Gasteiger partial charge < -0.3 is 10.5 Å². The smallest absolute Gasteiger partial charge is 0.123 e. The summed E-state index contributed by atoms with van der Waals surface area (Å²) in [6.07, 6.45) is 2.81. The van der Waals surface area contributed by atoms with Crippen molar-refractivity contribution in [3.63, 3.8) is 0 Å². The third-order valence-electron chi connectivity index (χ3n) is 3.98. The van der Waals surface area contributed by atoms with Crippen LogP contribution in [0.15, 0.2) is 24.3 Å². The topological polar surface area (TPSA) is 35.2 Å². The van der Waals surface area contributed by atoms with Crippen molar-refractivity contribution in [2.45, 2.75) is 37.3 Å². The minimum absolute atomic E-state index is 0.188. The molecule has 1 saturated carbocycles. The lowest BCUT2D eigenvalue weighted by atomic mass is 9.89. The van der Waals surface area contributed by atoms with Gasteiger partial charge in [-0.15, -0.1) is 0 Å². The van der Waals surface area contributed by atoms with E-state index in [1.807, 2.05) is 11.8 Å². The van der Waals surface area contributed by atoms with Gasteiger partial charge in [0.1, 0.15) is 11.9 Å². The van der Waals surface area contributed by atoms with E-state index in [1.165, 1.54) is 18.4 Å². The fourth-order valence-corrected chi connectivity index (χ4v) is 3.11. The van der Waals surface area contributed by atoms with E-state index in [1.54, 1.807) is 0 Å². The Morgan fingerprint density at radius 3 is 2.59 bits per heavy atom. The first-order valence-corrected chi connectivity index (χ1v) is 7.47. The zero-order valence-corrected chi connectivity index (χ0v) is 11.0. The molecule has 0 aromatic heterocycles. The van der Waals surface area contributed by atoms with Crippen LogP contribution in [-0.2, 0) is 5.41 Å². The average molecular weight is 249 g/mol. The quantitative estimate of drug-likeness (QED) is 0.890. The van der Waals surface area contributed by atoms with Gasteiger partial charge >= 0.3 is 0 Å². The molecule has 2 nitrogen and oxygen atoms in total. The van der Waals surface area contributed by atoms with Crippen molar-refractivity contribution in [2.24, 2.45) is 5.73 Å². The second kappa shape index (κ2) is 4.21. The first-order chi connectivity index (χ1) is 8.22. The van der Waals surface area contributed by atoms with Gasteiger partial charge in [0.15, 0.2) is 0 Å². The Labute approximate surface area is 107 Å². The highest BCUT2D eigenvalue weighted by molar-refractivity contribution is 8.00. The van der Waals surface area contributed by atoms with Crippen molar-refractivity contribution in [1.82, 2.24) is 0 Å². The molecule has 1 aliphatic heterocycles. The summed E-state index contributed by atoms with van der Waals surface area (Å²) in [6, 6.07) is 8.66. The Morgan fingerprint density at radius 1 is 1.35 bits per heavy atom. The highest BCUT2D eigenvalue weighted by Crippen LogP contribution is 2.53. The van der Waals surface area contributed by atoms with Gasteiger partial charge in [-0.1, -0.05) is 18.2 Å².